The van der Waals surface area contributed by atoms with E-state index in [0.29, 0.717) is 40.8 Å². The van der Waals surface area contributed by atoms with E-state index in [4.69, 9.17) is 23.2 Å². The third kappa shape index (κ3) is 3.44. The summed E-state index contributed by atoms with van der Waals surface area (Å²) in [7, 11) is 0. The predicted molar refractivity (Wildman–Crippen MR) is 98.3 cm³/mol. The molecule has 1 saturated heterocycles. The number of nitrogens with zero attached hydrogens (tertiary/aromatic N) is 3. The zero-order chi connectivity index (χ0) is 19.2. The zero-order valence-electron chi connectivity index (χ0n) is 13.8. The van der Waals surface area contributed by atoms with Crippen LogP contribution in [0.4, 0.5) is 18.9 Å². The Bertz CT molecular complexity index is 998. The summed E-state index contributed by atoms with van der Waals surface area (Å²) in [6, 6.07) is 5.60. The van der Waals surface area contributed by atoms with Gasteiger partial charge in [-0.25, -0.2) is 4.98 Å². The molecule has 0 atom stereocenters. The number of pyridine rings is 1. The van der Waals surface area contributed by atoms with Gasteiger partial charge in [0.2, 0.25) is 0 Å². The highest BCUT2D eigenvalue weighted by Crippen LogP contribution is 2.34. The van der Waals surface area contributed by atoms with Crippen LogP contribution in [0.2, 0.25) is 10.0 Å². The van der Waals surface area contributed by atoms with Crippen molar-refractivity contribution >= 4 is 39.8 Å². The van der Waals surface area contributed by atoms with Gasteiger partial charge < -0.3 is 10.6 Å². The van der Waals surface area contributed by atoms with E-state index in [1.807, 2.05) is 0 Å². The first kappa shape index (κ1) is 18.3. The molecule has 1 aromatic carbocycles. The van der Waals surface area contributed by atoms with Gasteiger partial charge in [0.25, 0.3) is 0 Å². The quantitative estimate of drug-likeness (QED) is 0.671. The summed E-state index contributed by atoms with van der Waals surface area (Å²) in [5.41, 5.74) is -0.832. The van der Waals surface area contributed by atoms with E-state index < -0.39 is 17.4 Å². The maximum absolute atomic E-state index is 13.2. The molecule has 0 bridgehead atoms. The molecule has 1 aliphatic rings. The largest absolute Gasteiger partial charge is 0.433 e. The topological polar surface area (TPSA) is 54.8 Å². The Kier molecular flexibility index (Phi) is 4.44. The minimum Gasteiger partial charge on any atom is -0.382 e. The van der Waals surface area contributed by atoms with Crippen molar-refractivity contribution in [3.63, 3.8) is 0 Å². The second-order valence-corrected chi connectivity index (χ2v) is 7.37. The number of rotatable bonds is 4. The highest BCUT2D eigenvalue weighted by molar-refractivity contribution is 6.31. The lowest BCUT2D eigenvalue weighted by Crippen LogP contribution is -2.64. The van der Waals surface area contributed by atoms with Crippen molar-refractivity contribution in [1.29, 1.82) is 0 Å². The van der Waals surface area contributed by atoms with E-state index in [1.165, 1.54) is 18.3 Å². The van der Waals surface area contributed by atoms with Crippen LogP contribution in [0.5, 0.6) is 0 Å². The average molecular weight is 416 g/mol. The van der Waals surface area contributed by atoms with Crippen LogP contribution in [0.15, 0.2) is 36.7 Å². The highest BCUT2D eigenvalue weighted by Gasteiger charge is 2.40. The van der Waals surface area contributed by atoms with Gasteiger partial charge in [-0.2, -0.15) is 18.3 Å². The van der Waals surface area contributed by atoms with Gasteiger partial charge in [-0.3, -0.25) is 4.68 Å². The first-order valence-electron chi connectivity index (χ1n) is 8.10. The highest BCUT2D eigenvalue weighted by atomic mass is 35.5. The van der Waals surface area contributed by atoms with Crippen LogP contribution in [-0.4, -0.2) is 34.4 Å². The summed E-state index contributed by atoms with van der Waals surface area (Å²) in [5, 5.41) is 12.0. The summed E-state index contributed by atoms with van der Waals surface area (Å²) in [5.74, 6) is 0. The van der Waals surface area contributed by atoms with Crippen LogP contribution < -0.4 is 10.6 Å². The molecule has 3 aromatic rings. The van der Waals surface area contributed by atoms with Crippen LogP contribution in [0.3, 0.4) is 0 Å². The number of fused-ring (bicyclic) bond motifs is 1. The van der Waals surface area contributed by atoms with E-state index >= 15 is 0 Å². The smallest absolute Gasteiger partial charge is 0.382 e. The zero-order valence-corrected chi connectivity index (χ0v) is 15.3. The molecule has 10 heteroatoms. The van der Waals surface area contributed by atoms with Crippen LogP contribution in [0, 0.1) is 0 Å². The number of nitrogens with one attached hydrogen (secondary N) is 2. The molecule has 5 nitrogen and oxygen atoms in total. The molecule has 0 saturated carbocycles. The van der Waals surface area contributed by atoms with E-state index in [1.54, 1.807) is 16.9 Å². The van der Waals surface area contributed by atoms with Crippen molar-refractivity contribution < 1.29 is 13.2 Å². The van der Waals surface area contributed by atoms with Crippen LogP contribution in [0.25, 0.3) is 10.9 Å². The Balaban J connectivity index is 1.71. The maximum Gasteiger partial charge on any atom is 0.433 e. The number of hydrogen-bond donors (Lipinski definition) is 2. The molecule has 3 heterocycles. The maximum atomic E-state index is 13.2. The van der Waals surface area contributed by atoms with E-state index in [9.17, 15) is 13.2 Å². The third-order valence-electron chi connectivity index (χ3n) is 4.61. The lowest BCUT2D eigenvalue weighted by atomic mass is 9.92. The Hall–Kier alpha value is -2.03. The van der Waals surface area contributed by atoms with Crippen molar-refractivity contribution in [2.24, 2.45) is 0 Å². The molecule has 27 heavy (non-hydrogen) atoms. The predicted octanol–water partition coefficient (Wildman–Crippen LogP) is 4.17. The number of hydrogen-bond acceptors (Lipinski definition) is 4. The number of alkyl halides is 3. The Morgan fingerprint density at radius 3 is 2.56 bits per heavy atom. The molecule has 0 radical (unpaired) electrons. The molecule has 2 N–H and O–H groups in total. The van der Waals surface area contributed by atoms with E-state index in [2.05, 4.69) is 20.7 Å². The lowest BCUT2D eigenvalue weighted by Gasteiger charge is -2.43. The normalized spacial score (nSPS) is 16.3. The minimum atomic E-state index is -4.55. The van der Waals surface area contributed by atoms with Gasteiger partial charge in [0.1, 0.15) is 11.2 Å². The van der Waals surface area contributed by atoms with Crippen molar-refractivity contribution in [1.82, 2.24) is 20.1 Å². The molecule has 4 rings (SSSR count). The molecule has 0 spiro atoms. The summed E-state index contributed by atoms with van der Waals surface area (Å²) in [6.07, 6.45) is -1.31. The Morgan fingerprint density at radius 1 is 1.19 bits per heavy atom. The molecule has 142 valence electrons. The van der Waals surface area contributed by atoms with Gasteiger partial charge in [0.05, 0.1) is 16.7 Å². The van der Waals surface area contributed by atoms with Crippen LogP contribution in [-0.2, 0) is 11.7 Å². The van der Waals surface area contributed by atoms with Gasteiger partial charge >= 0.3 is 6.18 Å². The fourth-order valence-electron chi connectivity index (χ4n) is 3.09. The lowest BCUT2D eigenvalue weighted by molar-refractivity contribution is -0.140. The van der Waals surface area contributed by atoms with Crippen molar-refractivity contribution in [3.05, 3.63) is 52.4 Å². The number of halogens is 5. The number of benzene rings is 1. The summed E-state index contributed by atoms with van der Waals surface area (Å²) < 4.78 is 41.5. The molecule has 0 unspecified atom stereocenters. The summed E-state index contributed by atoms with van der Waals surface area (Å²) in [4.78, 5) is 3.72. The van der Waals surface area contributed by atoms with Crippen molar-refractivity contribution in [2.75, 3.05) is 25.0 Å². The van der Waals surface area contributed by atoms with Gasteiger partial charge in [0, 0.05) is 41.9 Å². The van der Waals surface area contributed by atoms with Crippen molar-refractivity contribution in [2.45, 2.75) is 11.7 Å². The fraction of sp³-hybridized carbons (Fsp3) is 0.294. The second-order valence-electron chi connectivity index (χ2n) is 6.50. The Labute approximate surface area is 162 Å². The summed E-state index contributed by atoms with van der Waals surface area (Å²) in [6.45, 7) is 1.60. The SMILES string of the molecule is FC(F)(F)c1cc(NCC2(n3cc(Cl)cn3)CNC2)c2cc(Cl)ccc2n1. The van der Waals surface area contributed by atoms with Gasteiger partial charge in [0.15, 0.2) is 0 Å². The summed E-state index contributed by atoms with van der Waals surface area (Å²) >= 11 is 12.0. The molecular formula is C17H14Cl2F3N5. The van der Waals surface area contributed by atoms with Gasteiger partial charge in [-0.15, -0.1) is 0 Å². The number of anilines is 1. The second kappa shape index (κ2) is 6.54. The fourth-order valence-corrected chi connectivity index (χ4v) is 3.40. The molecule has 0 amide bonds. The molecule has 2 aromatic heterocycles. The monoisotopic (exact) mass is 415 g/mol. The standard InChI is InChI=1S/C17H14Cl2F3N5/c18-10-1-2-13-12(3-10)14(4-15(26-13)17(20,21)22)24-9-16(7-23-8-16)27-6-11(19)5-25-27/h1-6,23H,7-9H2,(H,24,26). The molecule has 1 fully saturated rings. The molecule has 1 aliphatic heterocycles. The molecule has 0 aliphatic carbocycles. The number of aromatic nitrogens is 3. The third-order valence-corrected chi connectivity index (χ3v) is 5.04. The van der Waals surface area contributed by atoms with Crippen molar-refractivity contribution in [3.8, 4) is 0 Å². The minimum absolute atomic E-state index is 0.222. The van der Waals surface area contributed by atoms with Gasteiger partial charge in [-0.05, 0) is 24.3 Å². The first-order chi connectivity index (χ1) is 12.8. The average Bonchev–Trinajstić information content (AvgIpc) is 2.99. The van der Waals surface area contributed by atoms with E-state index in [-0.39, 0.29) is 5.52 Å². The van der Waals surface area contributed by atoms with Gasteiger partial charge in [-0.1, -0.05) is 23.2 Å². The van der Waals surface area contributed by atoms with E-state index in [0.717, 1.165) is 6.07 Å². The Morgan fingerprint density at radius 2 is 1.96 bits per heavy atom. The first-order valence-corrected chi connectivity index (χ1v) is 8.85. The van der Waals surface area contributed by atoms with Crippen LogP contribution in [0.1, 0.15) is 5.69 Å². The molecular weight excluding hydrogens is 402 g/mol. The van der Waals surface area contributed by atoms with Crippen LogP contribution >= 0.6 is 23.2 Å².